The quantitative estimate of drug-likeness (QED) is 0.563. The fourth-order valence-corrected chi connectivity index (χ4v) is 2.06. The van der Waals surface area contributed by atoms with Crippen molar-refractivity contribution in [3.05, 3.63) is 0 Å². The molecule has 0 aromatic rings. The van der Waals surface area contributed by atoms with E-state index in [0.717, 1.165) is 17.8 Å². The molecule has 4 unspecified atom stereocenters. The van der Waals surface area contributed by atoms with E-state index in [-0.39, 0.29) is 0 Å². The van der Waals surface area contributed by atoms with Crippen LogP contribution in [0.2, 0.25) is 0 Å². The predicted octanol–water partition coefficient (Wildman–Crippen LogP) is 1.38. The molecule has 1 nitrogen and oxygen atoms in total. The summed E-state index contributed by atoms with van der Waals surface area (Å²) in [6, 6.07) is 0. The van der Waals surface area contributed by atoms with Crippen molar-refractivity contribution in [2.45, 2.75) is 32.2 Å². The van der Waals surface area contributed by atoms with Crippen LogP contribution in [0.15, 0.2) is 0 Å². The van der Waals surface area contributed by atoms with Gasteiger partial charge in [0, 0.05) is 5.54 Å². The number of rotatable bonds is 1. The Labute approximate surface area is 56.6 Å². The maximum absolute atomic E-state index is 6.09. The van der Waals surface area contributed by atoms with Crippen molar-refractivity contribution >= 4 is 0 Å². The smallest absolute Gasteiger partial charge is 0.0215 e. The molecule has 9 heavy (non-hydrogen) atoms. The molecule has 2 fully saturated rings. The molecule has 2 saturated carbocycles. The van der Waals surface area contributed by atoms with Gasteiger partial charge in [0.05, 0.1) is 0 Å². The van der Waals surface area contributed by atoms with Crippen molar-refractivity contribution in [2.24, 2.45) is 23.5 Å². The van der Waals surface area contributed by atoms with Crippen molar-refractivity contribution in [3.8, 4) is 0 Å². The summed E-state index contributed by atoms with van der Waals surface area (Å²) in [4.78, 5) is 0. The van der Waals surface area contributed by atoms with Crippen molar-refractivity contribution in [1.29, 1.82) is 0 Å². The first kappa shape index (κ1) is 5.72. The molecule has 2 aliphatic carbocycles. The van der Waals surface area contributed by atoms with Gasteiger partial charge in [-0.1, -0.05) is 13.8 Å². The molecule has 0 aromatic carbocycles. The number of hydrogen-bond acceptors (Lipinski definition) is 1. The van der Waals surface area contributed by atoms with Crippen LogP contribution in [0.25, 0.3) is 0 Å². The second kappa shape index (κ2) is 1.34. The molecule has 52 valence electrons. The molecule has 0 aliphatic heterocycles. The van der Waals surface area contributed by atoms with Crippen LogP contribution in [-0.2, 0) is 0 Å². The van der Waals surface area contributed by atoms with Crippen LogP contribution in [-0.4, -0.2) is 5.54 Å². The van der Waals surface area contributed by atoms with Crippen LogP contribution in [0.1, 0.15) is 26.7 Å². The molecule has 2 N–H and O–H groups in total. The maximum Gasteiger partial charge on any atom is 0.0215 e. The van der Waals surface area contributed by atoms with E-state index >= 15 is 0 Å². The van der Waals surface area contributed by atoms with Gasteiger partial charge in [-0.2, -0.15) is 0 Å². The second-order valence-corrected chi connectivity index (χ2v) is 4.04. The topological polar surface area (TPSA) is 26.0 Å². The van der Waals surface area contributed by atoms with Crippen LogP contribution in [0.5, 0.6) is 0 Å². The van der Waals surface area contributed by atoms with E-state index in [9.17, 15) is 0 Å². The fourth-order valence-electron chi connectivity index (χ4n) is 2.06. The van der Waals surface area contributed by atoms with Crippen LogP contribution in [0.4, 0.5) is 0 Å². The van der Waals surface area contributed by atoms with Gasteiger partial charge in [-0.15, -0.1) is 0 Å². The Hall–Kier alpha value is -0.0400. The van der Waals surface area contributed by atoms with E-state index < -0.39 is 0 Å². The zero-order valence-electron chi connectivity index (χ0n) is 6.22. The average molecular weight is 125 g/mol. The summed E-state index contributed by atoms with van der Waals surface area (Å²) >= 11 is 0. The van der Waals surface area contributed by atoms with Gasteiger partial charge in [-0.25, -0.2) is 0 Å². The van der Waals surface area contributed by atoms with Gasteiger partial charge in [-0.05, 0) is 30.6 Å². The van der Waals surface area contributed by atoms with Crippen LogP contribution < -0.4 is 5.73 Å². The first-order valence-corrected chi connectivity index (χ1v) is 3.93. The highest BCUT2D eigenvalue weighted by Crippen LogP contribution is 2.58. The summed E-state index contributed by atoms with van der Waals surface area (Å²) in [6.07, 6.45) is 2.67. The molecule has 0 bridgehead atoms. The van der Waals surface area contributed by atoms with Crippen LogP contribution >= 0.6 is 0 Å². The van der Waals surface area contributed by atoms with Gasteiger partial charge in [0.1, 0.15) is 0 Å². The maximum atomic E-state index is 6.09. The van der Waals surface area contributed by atoms with E-state index in [2.05, 4.69) is 13.8 Å². The Morgan fingerprint density at radius 3 is 2.00 bits per heavy atom. The Kier molecular flexibility index (Phi) is 0.852. The lowest BCUT2D eigenvalue weighted by Gasteiger charge is -2.06. The lowest BCUT2D eigenvalue weighted by molar-refractivity contribution is 0.515. The number of nitrogens with two attached hydrogens (primary N) is 1. The second-order valence-electron chi connectivity index (χ2n) is 4.04. The highest BCUT2D eigenvalue weighted by molar-refractivity contribution is 5.15. The molecule has 0 spiro atoms. The Morgan fingerprint density at radius 1 is 1.44 bits per heavy atom. The van der Waals surface area contributed by atoms with Gasteiger partial charge in [-0.3, -0.25) is 0 Å². The van der Waals surface area contributed by atoms with E-state index in [4.69, 9.17) is 5.73 Å². The van der Waals surface area contributed by atoms with E-state index in [1.165, 1.54) is 12.8 Å². The molecule has 0 saturated heterocycles. The highest BCUT2D eigenvalue weighted by atomic mass is 14.9. The average Bonchev–Trinajstić information content (AvgIpc) is 2.55. The summed E-state index contributed by atoms with van der Waals surface area (Å²) in [5.74, 6) is 2.62. The lowest BCUT2D eigenvalue weighted by atomic mass is 10.1. The molecule has 0 heterocycles. The number of hydrogen-bond donors (Lipinski definition) is 1. The van der Waals surface area contributed by atoms with E-state index in [1.54, 1.807) is 0 Å². The molecule has 0 amide bonds. The van der Waals surface area contributed by atoms with Crippen molar-refractivity contribution in [2.75, 3.05) is 0 Å². The Bertz CT molecular complexity index is 144. The fraction of sp³-hybridized carbons (Fsp3) is 1.00. The van der Waals surface area contributed by atoms with E-state index in [0.29, 0.717) is 5.54 Å². The SMILES string of the molecule is CC1CC1C1(N)CC1C. The molecule has 2 rings (SSSR count). The van der Waals surface area contributed by atoms with Crippen molar-refractivity contribution in [1.82, 2.24) is 0 Å². The Balaban J connectivity index is 2.00. The zero-order chi connectivity index (χ0) is 6.65. The summed E-state index contributed by atoms with van der Waals surface area (Å²) in [5, 5.41) is 0. The monoisotopic (exact) mass is 125 g/mol. The van der Waals surface area contributed by atoms with Crippen molar-refractivity contribution < 1.29 is 0 Å². The minimum atomic E-state index is 0.291. The molecule has 1 heteroatoms. The molecule has 0 aromatic heterocycles. The lowest BCUT2D eigenvalue weighted by Crippen LogP contribution is -2.27. The van der Waals surface area contributed by atoms with Gasteiger partial charge in [0.25, 0.3) is 0 Å². The first-order valence-electron chi connectivity index (χ1n) is 3.93. The minimum absolute atomic E-state index is 0.291. The third-order valence-electron chi connectivity index (χ3n) is 3.22. The van der Waals surface area contributed by atoms with E-state index in [1.807, 2.05) is 0 Å². The normalized spacial score (nSPS) is 63.7. The summed E-state index contributed by atoms with van der Waals surface area (Å²) in [7, 11) is 0. The van der Waals surface area contributed by atoms with Gasteiger partial charge < -0.3 is 5.73 Å². The van der Waals surface area contributed by atoms with Crippen molar-refractivity contribution in [3.63, 3.8) is 0 Å². The molecule has 4 atom stereocenters. The third kappa shape index (κ3) is 0.644. The third-order valence-corrected chi connectivity index (χ3v) is 3.22. The molecule has 2 aliphatic rings. The van der Waals surface area contributed by atoms with Gasteiger partial charge in [0.2, 0.25) is 0 Å². The standard InChI is InChI=1S/C8H15N/c1-5-3-7(5)8(9)4-6(8)2/h5-7H,3-4,9H2,1-2H3. The van der Waals surface area contributed by atoms with Crippen LogP contribution in [0, 0.1) is 17.8 Å². The largest absolute Gasteiger partial charge is 0.325 e. The van der Waals surface area contributed by atoms with Gasteiger partial charge >= 0.3 is 0 Å². The minimum Gasteiger partial charge on any atom is -0.325 e. The zero-order valence-corrected chi connectivity index (χ0v) is 6.22. The first-order chi connectivity index (χ1) is 4.14. The molecular weight excluding hydrogens is 110 g/mol. The predicted molar refractivity (Wildman–Crippen MR) is 38.0 cm³/mol. The molecule has 0 radical (unpaired) electrons. The molecular formula is C8H15N. The van der Waals surface area contributed by atoms with Crippen LogP contribution in [0.3, 0.4) is 0 Å². The Morgan fingerprint density at radius 2 is 1.89 bits per heavy atom. The summed E-state index contributed by atoms with van der Waals surface area (Å²) in [6.45, 7) is 4.58. The summed E-state index contributed by atoms with van der Waals surface area (Å²) in [5.41, 5.74) is 6.38. The highest BCUT2D eigenvalue weighted by Gasteiger charge is 2.60. The van der Waals surface area contributed by atoms with Gasteiger partial charge in [0.15, 0.2) is 0 Å². The summed E-state index contributed by atoms with van der Waals surface area (Å²) < 4.78 is 0.